The summed E-state index contributed by atoms with van der Waals surface area (Å²) in [5.41, 5.74) is 1.79. The van der Waals surface area contributed by atoms with Gasteiger partial charge < -0.3 is 0 Å². The van der Waals surface area contributed by atoms with Crippen LogP contribution in [-0.2, 0) is 0 Å². The second-order valence-electron chi connectivity index (χ2n) is 5.04. The van der Waals surface area contributed by atoms with E-state index >= 15 is 0 Å². The van der Waals surface area contributed by atoms with Crippen LogP contribution in [0.5, 0.6) is 0 Å². The van der Waals surface area contributed by atoms with Crippen LogP contribution in [0.15, 0.2) is 64.5 Å². The predicted molar refractivity (Wildman–Crippen MR) is 109 cm³/mol. The van der Waals surface area contributed by atoms with Gasteiger partial charge in [-0.25, -0.2) is 4.98 Å². The molecule has 0 fully saturated rings. The van der Waals surface area contributed by atoms with Gasteiger partial charge in [-0.3, -0.25) is 0 Å². The summed E-state index contributed by atoms with van der Waals surface area (Å²) < 4.78 is 1.88. The zero-order valence-electron chi connectivity index (χ0n) is 13.1. The van der Waals surface area contributed by atoms with E-state index in [1.54, 1.807) is 29.5 Å². The smallest absolute Gasteiger partial charge is 0.155 e. The number of thioether (sulfide) groups is 1. The minimum Gasteiger partial charge on any atom is -0.229 e. The molecule has 0 spiro atoms. The van der Waals surface area contributed by atoms with E-state index < -0.39 is 0 Å². The summed E-state index contributed by atoms with van der Waals surface area (Å²) in [5, 5.41) is 19.2. The molecule has 1 heterocycles. The summed E-state index contributed by atoms with van der Waals surface area (Å²) in [7, 11) is 0. The fourth-order valence-corrected chi connectivity index (χ4v) is 4.48. The van der Waals surface area contributed by atoms with Gasteiger partial charge in [0.2, 0.25) is 0 Å². The molecule has 0 aliphatic rings. The lowest BCUT2D eigenvalue weighted by molar-refractivity contribution is 1.31. The lowest BCUT2D eigenvalue weighted by Gasteiger charge is -2.05. The predicted octanol–water partition coefficient (Wildman–Crippen LogP) is 6.71. The SMILES string of the molecule is N#CC(C#N)=CC=C(Sc1nc2cc(Cl)ccc2s1)c1ccc(Cl)cc1. The number of hydrogen-bond donors (Lipinski definition) is 0. The van der Waals surface area contributed by atoms with Crippen LogP contribution in [0.4, 0.5) is 0 Å². The summed E-state index contributed by atoms with van der Waals surface area (Å²) in [6.07, 6.45) is 3.25. The molecule has 0 bridgehead atoms. The topological polar surface area (TPSA) is 60.5 Å². The van der Waals surface area contributed by atoms with Gasteiger partial charge in [0, 0.05) is 15.0 Å². The lowest BCUT2D eigenvalue weighted by atomic mass is 10.2. The Kier molecular flexibility index (Phi) is 5.98. The monoisotopic (exact) mass is 413 g/mol. The Morgan fingerprint density at radius 3 is 2.38 bits per heavy atom. The van der Waals surface area contributed by atoms with Gasteiger partial charge >= 0.3 is 0 Å². The molecule has 0 aliphatic heterocycles. The van der Waals surface area contributed by atoms with Gasteiger partial charge in [-0.1, -0.05) is 47.1 Å². The summed E-state index contributed by atoms with van der Waals surface area (Å²) >= 11 is 15.0. The maximum absolute atomic E-state index is 8.94. The van der Waals surface area contributed by atoms with Crippen molar-refractivity contribution in [3.05, 3.63) is 75.8 Å². The highest BCUT2D eigenvalue weighted by molar-refractivity contribution is 8.09. The Hall–Kier alpha value is -2.28. The summed E-state index contributed by atoms with van der Waals surface area (Å²) in [4.78, 5) is 5.46. The lowest BCUT2D eigenvalue weighted by Crippen LogP contribution is -1.81. The first-order valence-corrected chi connectivity index (χ1v) is 9.70. The molecule has 0 saturated carbocycles. The Bertz CT molecular complexity index is 1080. The Morgan fingerprint density at radius 2 is 1.69 bits per heavy atom. The molecule has 0 unspecified atom stereocenters. The van der Waals surface area contributed by atoms with Crippen LogP contribution in [0.3, 0.4) is 0 Å². The van der Waals surface area contributed by atoms with Crippen LogP contribution in [0.25, 0.3) is 15.1 Å². The van der Waals surface area contributed by atoms with Crippen LogP contribution in [0, 0.1) is 22.7 Å². The van der Waals surface area contributed by atoms with E-state index in [-0.39, 0.29) is 5.57 Å². The number of allylic oxidation sites excluding steroid dienone is 3. The van der Waals surface area contributed by atoms with Gasteiger partial charge in [0.05, 0.1) is 10.2 Å². The molecular weight excluding hydrogens is 405 g/mol. The third kappa shape index (κ3) is 4.46. The fourth-order valence-electron chi connectivity index (χ4n) is 2.08. The number of thiazole rings is 1. The highest BCUT2D eigenvalue weighted by atomic mass is 35.5. The van der Waals surface area contributed by atoms with Crippen molar-refractivity contribution in [3.8, 4) is 12.1 Å². The quantitative estimate of drug-likeness (QED) is 0.270. The van der Waals surface area contributed by atoms with Crippen molar-refractivity contribution < 1.29 is 0 Å². The molecule has 3 nitrogen and oxygen atoms in total. The molecule has 1 aromatic heterocycles. The third-order valence-corrected chi connectivity index (χ3v) is 5.97. The maximum Gasteiger partial charge on any atom is 0.155 e. The molecule has 126 valence electrons. The molecule has 2 aromatic carbocycles. The highest BCUT2D eigenvalue weighted by Gasteiger charge is 2.10. The van der Waals surface area contributed by atoms with Crippen molar-refractivity contribution in [2.24, 2.45) is 0 Å². The van der Waals surface area contributed by atoms with Crippen molar-refractivity contribution in [2.45, 2.75) is 4.34 Å². The number of rotatable bonds is 4. The molecule has 7 heteroatoms. The largest absolute Gasteiger partial charge is 0.229 e. The molecule has 26 heavy (non-hydrogen) atoms. The molecule has 0 radical (unpaired) electrons. The number of aromatic nitrogens is 1. The Labute approximate surface area is 168 Å². The van der Waals surface area contributed by atoms with E-state index in [0.29, 0.717) is 10.0 Å². The Balaban J connectivity index is 2.00. The standard InChI is InChI=1S/C19H9Cl2N3S2/c20-14-4-2-13(3-5-14)17(7-1-12(10-22)11-23)25-19-24-16-9-15(21)6-8-18(16)26-19/h1-9H. The van der Waals surface area contributed by atoms with Crippen molar-refractivity contribution in [1.82, 2.24) is 4.98 Å². The highest BCUT2D eigenvalue weighted by Crippen LogP contribution is 2.39. The van der Waals surface area contributed by atoms with Crippen molar-refractivity contribution in [2.75, 3.05) is 0 Å². The second-order valence-corrected chi connectivity index (χ2v) is 8.23. The molecule has 0 atom stereocenters. The number of nitrogens with zero attached hydrogens (tertiary/aromatic N) is 3. The maximum atomic E-state index is 8.94. The summed E-state index contributed by atoms with van der Waals surface area (Å²) in [5.74, 6) is 0. The molecule has 3 aromatic rings. The first-order chi connectivity index (χ1) is 12.6. The number of halogens is 2. The van der Waals surface area contributed by atoms with Gasteiger partial charge in [0.1, 0.15) is 17.7 Å². The fraction of sp³-hybridized carbons (Fsp3) is 0. The summed E-state index contributed by atoms with van der Waals surface area (Å²) in [6.45, 7) is 0. The molecule has 0 N–H and O–H groups in total. The normalized spacial score (nSPS) is 11.0. The van der Waals surface area contributed by atoms with Crippen LogP contribution in [-0.4, -0.2) is 4.98 Å². The van der Waals surface area contributed by atoms with E-state index in [9.17, 15) is 0 Å². The van der Waals surface area contributed by atoms with Gasteiger partial charge in [0.25, 0.3) is 0 Å². The number of fused-ring (bicyclic) bond motifs is 1. The third-order valence-electron chi connectivity index (χ3n) is 3.30. The van der Waals surface area contributed by atoms with Crippen LogP contribution in [0.1, 0.15) is 5.56 Å². The van der Waals surface area contributed by atoms with Gasteiger partial charge in [-0.15, -0.1) is 11.3 Å². The van der Waals surface area contributed by atoms with Crippen molar-refractivity contribution >= 4 is 61.4 Å². The van der Waals surface area contributed by atoms with E-state index in [0.717, 1.165) is 25.0 Å². The number of benzene rings is 2. The minimum absolute atomic E-state index is 0.0353. The van der Waals surface area contributed by atoms with Crippen LogP contribution in [0.2, 0.25) is 10.0 Å². The zero-order chi connectivity index (χ0) is 18.5. The van der Waals surface area contributed by atoms with Crippen LogP contribution >= 0.6 is 46.3 Å². The molecular formula is C19H9Cl2N3S2. The van der Waals surface area contributed by atoms with Crippen LogP contribution < -0.4 is 0 Å². The van der Waals surface area contributed by atoms with E-state index in [1.807, 2.05) is 42.5 Å². The van der Waals surface area contributed by atoms with E-state index in [1.165, 1.54) is 17.8 Å². The first-order valence-electron chi connectivity index (χ1n) is 7.31. The molecule has 0 saturated heterocycles. The second kappa shape index (κ2) is 8.40. The average molecular weight is 414 g/mol. The van der Waals surface area contributed by atoms with Gasteiger partial charge in [-0.05, 0) is 48.0 Å². The molecule has 0 amide bonds. The van der Waals surface area contributed by atoms with Crippen molar-refractivity contribution in [1.29, 1.82) is 10.5 Å². The van der Waals surface area contributed by atoms with Crippen molar-refractivity contribution in [3.63, 3.8) is 0 Å². The minimum atomic E-state index is 0.0353. The molecule has 3 rings (SSSR count). The zero-order valence-corrected chi connectivity index (χ0v) is 16.3. The van der Waals surface area contributed by atoms with E-state index in [2.05, 4.69) is 4.98 Å². The average Bonchev–Trinajstić information content (AvgIpc) is 3.03. The Morgan fingerprint density at radius 1 is 1.00 bits per heavy atom. The van der Waals surface area contributed by atoms with Gasteiger partial charge in [0.15, 0.2) is 4.34 Å². The summed E-state index contributed by atoms with van der Waals surface area (Å²) in [6, 6.07) is 16.7. The number of hydrogen-bond acceptors (Lipinski definition) is 5. The van der Waals surface area contributed by atoms with E-state index in [4.69, 9.17) is 33.7 Å². The molecule has 0 aliphatic carbocycles. The van der Waals surface area contributed by atoms with Gasteiger partial charge in [-0.2, -0.15) is 10.5 Å². The number of nitriles is 2. The first kappa shape index (κ1) is 18.5.